The van der Waals surface area contributed by atoms with Gasteiger partial charge in [-0.05, 0) is 24.3 Å². The third-order valence-electron chi connectivity index (χ3n) is 3.35. The number of nitro groups is 1. The molecule has 0 fully saturated rings. The number of ether oxygens (including phenoxy) is 1. The highest BCUT2D eigenvalue weighted by atomic mass is 19.1. The van der Waals surface area contributed by atoms with E-state index < -0.39 is 10.7 Å². The van der Waals surface area contributed by atoms with Gasteiger partial charge in [-0.15, -0.1) is 0 Å². The summed E-state index contributed by atoms with van der Waals surface area (Å²) in [7, 11) is 0. The molecule has 1 N–H and O–H groups in total. The van der Waals surface area contributed by atoms with Crippen LogP contribution in [0.25, 0.3) is 0 Å². The number of halogens is 1. The van der Waals surface area contributed by atoms with Gasteiger partial charge in [-0.1, -0.05) is 0 Å². The summed E-state index contributed by atoms with van der Waals surface area (Å²) in [6, 6.07) is 9.54. The quantitative estimate of drug-likeness (QED) is 0.534. The lowest BCUT2D eigenvalue weighted by atomic mass is 10.0. The van der Waals surface area contributed by atoms with Gasteiger partial charge in [0.15, 0.2) is 5.78 Å². The van der Waals surface area contributed by atoms with Crippen molar-refractivity contribution in [3.05, 3.63) is 75.7 Å². The van der Waals surface area contributed by atoms with Gasteiger partial charge in [0.05, 0.1) is 16.1 Å². The van der Waals surface area contributed by atoms with E-state index in [9.17, 15) is 19.3 Å². The van der Waals surface area contributed by atoms with Crippen LogP contribution in [0.5, 0.6) is 5.75 Å². The van der Waals surface area contributed by atoms with E-state index in [4.69, 9.17) is 4.74 Å². The molecule has 2 aromatic rings. The second kappa shape index (κ2) is 5.88. The lowest BCUT2D eigenvalue weighted by Crippen LogP contribution is -2.20. The maximum atomic E-state index is 13.1. The Morgan fingerprint density at radius 2 is 1.96 bits per heavy atom. The minimum absolute atomic E-state index is 0.0174. The molecule has 0 bridgehead atoms. The molecule has 116 valence electrons. The number of ketones is 1. The number of nitrogens with one attached hydrogen (secondary N) is 1. The van der Waals surface area contributed by atoms with E-state index in [1.165, 1.54) is 48.7 Å². The number of benzene rings is 2. The smallest absolute Gasteiger partial charge is 0.269 e. The van der Waals surface area contributed by atoms with E-state index in [1.807, 2.05) is 0 Å². The number of carbonyl (C=O) groups is 1. The Bertz CT molecular complexity index is 815. The van der Waals surface area contributed by atoms with Gasteiger partial charge in [0, 0.05) is 30.1 Å². The SMILES string of the molecule is O=C1/C(=C\Nc2ccc([N+](=O)[O-])cc2)COc2cc(F)ccc21. The molecular formula is C16H11FN2O4. The molecule has 1 aliphatic rings. The Labute approximate surface area is 130 Å². The van der Waals surface area contributed by atoms with Gasteiger partial charge >= 0.3 is 0 Å². The highest BCUT2D eigenvalue weighted by molar-refractivity contribution is 6.11. The molecule has 6 nitrogen and oxygen atoms in total. The predicted molar refractivity (Wildman–Crippen MR) is 81.0 cm³/mol. The highest BCUT2D eigenvalue weighted by Crippen LogP contribution is 2.27. The summed E-state index contributed by atoms with van der Waals surface area (Å²) >= 11 is 0. The molecule has 0 radical (unpaired) electrons. The van der Waals surface area contributed by atoms with E-state index in [1.54, 1.807) is 0 Å². The topological polar surface area (TPSA) is 81.5 Å². The van der Waals surface area contributed by atoms with Gasteiger partial charge in [-0.3, -0.25) is 14.9 Å². The van der Waals surface area contributed by atoms with E-state index >= 15 is 0 Å². The molecule has 0 spiro atoms. The third kappa shape index (κ3) is 3.03. The summed E-state index contributed by atoms with van der Waals surface area (Å²) in [5.74, 6) is -0.490. The number of Topliss-reactive ketones (excluding diaryl/α,β-unsaturated/α-hetero) is 1. The molecule has 2 aromatic carbocycles. The lowest BCUT2D eigenvalue weighted by Gasteiger charge is -2.18. The summed E-state index contributed by atoms with van der Waals surface area (Å²) in [5, 5.41) is 13.5. The van der Waals surface area contributed by atoms with E-state index in [0.717, 1.165) is 0 Å². The fourth-order valence-corrected chi connectivity index (χ4v) is 2.15. The monoisotopic (exact) mass is 314 g/mol. The second-order valence-corrected chi connectivity index (χ2v) is 4.88. The number of hydrogen-bond acceptors (Lipinski definition) is 5. The van der Waals surface area contributed by atoms with Gasteiger partial charge in [0.25, 0.3) is 5.69 Å². The zero-order chi connectivity index (χ0) is 16.4. The molecule has 0 saturated heterocycles. The summed E-state index contributed by atoms with van der Waals surface area (Å²) in [6.07, 6.45) is 1.48. The first kappa shape index (κ1) is 14.7. The van der Waals surface area contributed by atoms with Crippen LogP contribution in [0.15, 0.2) is 54.2 Å². The number of rotatable bonds is 3. The number of nitrogens with zero attached hydrogens (tertiary/aromatic N) is 1. The second-order valence-electron chi connectivity index (χ2n) is 4.88. The number of anilines is 1. The van der Waals surface area contributed by atoms with E-state index in [0.29, 0.717) is 16.8 Å². The van der Waals surface area contributed by atoms with Gasteiger partial charge in [-0.25, -0.2) is 4.39 Å². The maximum absolute atomic E-state index is 13.1. The third-order valence-corrected chi connectivity index (χ3v) is 3.35. The van der Waals surface area contributed by atoms with Crippen molar-refractivity contribution >= 4 is 17.2 Å². The molecule has 0 aromatic heterocycles. The van der Waals surface area contributed by atoms with Crippen LogP contribution in [0.4, 0.5) is 15.8 Å². The molecule has 7 heteroatoms. The van der Waals surface area contributed by atoms with Crippen LogP contribution in [-0.2, 0) is 0 Å². The van der Waals surface area contributed by atoms with Crippen molar-refractivity contribution in [1.29, 1.82) is 0 Å². The zero-order valence-corrected chi connectivity index (χ0v) is 11.8. The molecule has 0 saturated carbocycles. The van der Waals surface area contributed by atoms with Crippen molar-refractivity contribution < 1.29 is 18.8 Å². The molecule has 1 aliphatic heterocycles. The highest BCUT2D eigenvalue weighted by Gasteiger charge is 2.23. The minimum Gasteiger partial charge on any atom is -0.488 e. The first-order valence-corrected chi connectivity index (χ1v) is 6.71. The van der Waals surface area contributed by atoms with Gasteiger partial charge < -0.3 is 10.1 Å². The van der Waals surface area contributed by atoms with E-state index in [2.05, 4.69) is 5.32 Å². The average molecular weight is 314 g/mol. The first-order chi connectivity index (χ1) is 11.0. The molecule has 3 rings (SSSR count). The van der Waals surface area contributed by atoms with Crippen LogP contribution in [0.2, 0.25) is 0 Å². The molecule has 0 atom stereocenters. The largest absolute Gasteiger partial charge is 0.488 e. The summed E-state index contributed by atoms with van der Waals surface area (Å²) in [6.45, 7) is 0.0231. The van der Waals surface area contributed by atoms with Crippen molar-refractivity contribution in [3.8, 4) is 5.75 Å². The average Bonchev–Trinajstić information content (AvgIpc) is 2.54. The fraction of sp³-hybridized carbons (Fsp3) is 0.0625. The van der Waals surface area contributed by atoms with Crippen LogP contribution in [-0.4, -0.2) is 17.3 Å². The van der Waals surface area contributed by atoms with Crippen molar-refractivity contribution in [1.82, 2.24) is 0 Å². The Kier molecular flexibility index (Phi) is 3.76. The van der Waals surface area contributed by atoms with Crippen LogP contribution in [0.1, 0.15) is 10.4 Å². The Hall–Kier alpha value is -3.22. The van der Waals surface area contributed by atoms with Crippen molar-refractivity contribution in [2.24, 2.45) is 0 Å². The number of carbonyl (C=O) groups excluding carboxylic acids is 1. The number of non-ortho nitro benzene ring substituents is 1. The van der Waals surface area contributed by atoms with Crippen LogP contribution in [0.3, 0.4) is 0 Å². The Morgan fingerprint density at radius 3 is 2.65 bits per heavy atom. The fourth-order valence-electron chi connectivity index (χ4n) is 2.15. The maximum Gasteiger partial charge on any atom is 0.269 e. The first-order valence-electron chi connectivity index (χ1n) is 6.71. The van der Waals surface area contributed by atoms with Crippen LogP contribution >= 0.6 is 0 Å². The number of hydrogen-bond donors (Lipinski definition) is 1. The number of fused-ring (bicyclic) bond motifs is 1. The van der Waals surface area contributed by atoms with Crippen molar-refractivity contribution in [2.45, 2.75) is 0 Å². The minimum atomic E-state index is -0.489. The van der Waals surface area contributed by atoms with Gasteiger partial charge in [0.1, 0.15) is 18.2 Å². The molecular weight excluding hydrogens is 303 g/mol. The van der Waals surface area contributed by atoms with Crippen LogP contribution in [0, 0.1) is 15.9 Å². The normalized spacial score (nSPS) is 15.0. The number of nitro benzene ring substituents is 1. The summed E-state index contributed by atoms with van der Waals surface area (Å²) in [4.78, 5) is 22.4. The summed E-state index contributed by atoms with van der Waals surface area (Å²) in [5.41, 5.74) is 1.26. The molecule has 23 heavy (non-hydrogen) atoms. The van der Waals surface area contributed by atoms with Crippen LogP contribution < -0.4 is 10.1 Å². The molecule has 1 heterocycles. The molecule has 0 amide bonds. The molecule has 0 aliphatic carbocycles. The van der Waals surface area contributed by atoms with Gasteiger partial charge in [-0.2, -0.15) is 0 Å². The zero-order valence-electron chi connectivity index (χ0n) is 11.8. The predicted octanol–water partition coefficient (Wildman–Crippen LogP) is 3.31. The van der Waals surface area contributed by atoms with Gasteiger partial charge in [0.2, 0.25) is 0 Å². The lowest BCUT2D eigenvalue weighted by molar-refractivity contribution is -0.384. The summed E-state index contributed by atoms with van der Waals surface area (Å²) < 4.78 is 18.5. The standard InChI is InChI=1S/C16H11FN2O4/c17-11-1-6-14-15(7-11)23-9-10(16(14)20)8-18-12-2-4-13(5-3-12)19(21)22/h1-8,18H,9H2/b10-8-. The van der Waals surface area contributed by atoms with Crippen molar-refractivity contribution in [3.63, 3.8) is 0 Å². The Balaban J connectivity index is 1.77. The van der Waals surface area contributed by atoms with E-state index in [-0.39, 0.29) is 23.8 Å². The Morgan fingerprint density at radius 1 is 1.22 bits per heavy atom. The van der Waals surface area contributed by atoms with Crippen molar-refractivity contribution in [2.75, 3.05) is 11.9 Å². The molecule has 0 unspecified atom stereocenters.